The zero-order valence-electron chi connectivity index (χ0n) is 14.2. The van der Waals surface area contributed by atoms with Crippen LogP contribution in [0.25, 0.3) is 6.08 Å². The Kier molecular flexibility index (Phi) is 6.44. The molecule has 0 spiro atoms. The lowest BCUT2D eigenvalue weighted by atomic mass is 10.1. The summed E-state index contributed by atoms with van der Waals surface area (Å²) >= 11 is 0. The highest BCUT2D eigenvalue weighted by molar-refractivity contribution is 6.00. The Labute approximate surface area is 135 Å². The van der Waals surface area contributed by atoms with E-state index in [9.17, 15) is 9.59 Å². The maximum Gasteiger partial charge on any atom is 0.269 e. The third kappa shape index (κ3) is 4.64. The molecule has 0 radical (unpaired) electrons. The summed E-state index contributed by atoms with van der Waals surface area (Å²) in [5, 5.41) is 2.53. The lowest BCUT2D eigenvalue weighted by molar-refractivity contribution is -0.127. The van der Waals surface area contributed by atoms with Crippen LogP contribution in [-0.4, -0.2) is 52.1 Å². The van der Waals surface area contributed by atoms with Crippen LogP contribution in [0.2, 0.25) is 0 Å². The standard InChI is InChI=1S/C16H22N2O5/c1-10(19)17-12(16(20)18(2)3)7-11-8-13(21-4)15(23-6)14(9-11)22-5/h7-9H,1-6H3,(H,17,19)/b12-7+. The van der Waals surface area contributed by atoms with Crippen LogP contribution in [0.1, 0.15) is 12.5 Å². The minimum absolute atomic E-state index is 0.150. The topological polar surface area (TPSA) is 77.1 Å². The zero-order valence-corrected chi connectivity index (χ0v) is 14.2. The first-order valence-corrected chi connectivity index (χ1v) is 6.85. The van der Waals surface area contributed by atoms with E-state index < -0.39 is 0 Å². The highest BCUT2D eigenvalue weighted by Crippen LogP contribution is 2.38. The predicted octanol–water partition coefficient (Wildman–Crippen LogP) is 1.28. The molecule has 0 aliphatic carbocycles. The van der Waals surface area contributed by atoms with Crippen molar-refractivity contribution < 1.29 is 23.8 Å². The van der Waals surface area contributed by atoms with Crippen molar-refractivity contribution in [1.82, 2.24) is 10.2 Å². The Morgan fingerprint density at radius 1 is 1.04 bits per heavy atom. The van der Waals surface area contributed by atoms with E-state index in [-0.39, 0.29) is 17.5 Å². The maximum atomic E-state index is 12.2. The maximum absolute atomic E-state index is 12.2. The van der Waals surface area contributed by atoms with Crippen molar-refractivity contribution in [2.75, 3.05) is 35.4 Å². The Balaban J connectivity index is 3.40. The Bertz CT molecular complexity index is 598. The number of rotatable bonds is 6. The van der Waals surface area contributed by atoms with Gasteiger partial charge in [-0.15, -0.1) is 0 Å². The minimum Gasteiger partial charge on any atom is -0.493 e. The molecule has 0 bridgehead atoms. The SMILES string of the molecule is COc1cc(/C=C(/NC(C)=O)C(=O)N(C)C)cc(OC)c1OC. The monoisotopic (exact) mass is 322 g/mol. The van der Waals surface area contributed by atoms with Crippen LogP contribution in [0.3, 0.4) is 0 Å². The van der Waals surface area contributed by atoms with E-state index in [4.69, 9.17) is 14.2 Å². The van der Waals surface area contributed by atoms with Crippen LogP contribution in [0.5, 0.6) is 17.2 Å². The molecule has 0 unspecified atom stereocenters. The Morgan fingerprint density at radius 3 is 1.91 bits per heavy atom. The third-order valence-corrected chi connectivity index (χ3v) is 2.95. The van der Waals surface area contributed by atoms with Gasteiger partial charge in [0.05, 0.1) is 21.3 Å². The van der Waals surface area contributed by atoms with Gasteiger partial charge in [-0.25, -0.2) is 0 Å². The molecule has 0 heterocycles. The number of carbonyl (C=O) groups is 2. The van der Waals surface area contributed by atoms with Gasteiger partial charge in [0.25, 0.3) is 5.91 Å². The number of carbonyl (C=O) groups excluding carboxylic acids is 2. The number of methoxy groups -OCH3 is 3. The van der Waals surface area contributed by atoms with Gasteiger partial charge in [-0.1, -0.05) is 0 Å². The van der Waals surface area contributed by atoms with Crippen molar-refractivity contribution in [1.29, 1.82) is 0 Å². The minimum atomic E-state index is -0.334. The van der Waals surface area contributed by atoms with Crippen molar-refractivity contribution in [3.63, 3.8) is 0 Å². The molecule has 1 rings (SSSR count). The van der Waals surface area contributed by atoms with Crippen molar-refractivity contribution >= 4 is 17.9 Å². The first-order valence-electron chi connectivity index (χ1n) is 6.85. The largest absolute Gasteiger partial charge is 0.493 e. The quantitative estimate of drug-likeness (QED) is 0.798. The van der Waals surface area contributed by atoms with E-state index in [0.717, 1.165) is 0 Å². The number of ether oxygens (including phenoxy) is 3. The van der Waals surface area contributed by atoms with Gasteiger partial charge in [0.15, 0.2) is 11.5 Å². The average Bonchev–Trinajstić information content (AvgIpc) is 2.51. The van der Waals surface area contributed by atoms with Crippen LogP contribution in [-0.2, 0) is 9.59 Å². The molecule has 0 aliphatic heterocycles. The van der Waals surface area contributed by atoms with Gasteiger partial charge in [0.1, 0.15) is 5.70 Å². The van der Waals surface area contributed by atoms with E-state index in [2.05, 4.69) is 5.32 Å². The van der Waals surface area contributed by atoms with Gasteiger partial charge in [0, 0.05) is 21.0 Å². The Hall–Kier alpha value is -2.70. The molecule has 7 heteroatoms. The summed E-state index contributed by atoms with van der Waals surface area (Å²) in [5.41, 5.74) is 0.773. The van der Waals surface area contributed by atoms with Crippen molar-refractivity contribution in [3.8, 4) is 17.2 Å². The highest BCUT2D eigenvalue weighted by atomic mass is 16.5. The second kappa shape index (κ2) is 8.07. The number of nitrogens with one attached hydrogen (secondary N) is 1. The summed E-state index contributed by atoms with van der Waals surface area (Å²) < 4.78 is 15.8. The highest BCUT2D eigenvalue weighted by Gasteiger charge is 2.16. The number of amides is 2. The smallest absolute Gasteiger partial charge is 0.269 e. The van der Waals surface area contributed by atoms with E-state index in [1.165, 1.54) is 33.2 Å². The zero-order chi connectivity index (χ0) is 17.6. The molecule has 0 aromatic heterocycles. The molecule has 23 heavy (non-hydrogen) atoms. The van der Waals surface area contributed by atoms with E-state index >= 15 is 0 Å². The van der Waals surface area contributed by atoms with E-state index in [0.29, 0.717) is 22.8 Å². The molecule has 0 aliphatic rings. The normalized spacial score (nSPS) is 10.8. The van der Waals surface area contributed by atoms with Crippen molar-refractivity contribution in [3.05, 3.63) is 23.4 Å². The number of hydrogen-bond donors (Lipinski definition) is 1. The van der Waals surface area contributed by atoms with Crippen molar-refractivity contribution in [2.24, 2.45) is 0 Å². The van der Waals surface area contributed by atoms with Gasteiger partial charge >= 0.3 is 0 Å². The molecular formula is C16H22N2O5. The van der Waals surface area contributed by atoms with E-state index in [1.807, 2.05) is 0 Å². The second-order valence-corrected chi connectivity index (χ2v) is 4.90. The summed E-state index contributed by atoms with van der Waals surface area (Å²) in [6.45, 7) is 1.34. The molecule has 1 aromatic carbocycles. The van der Waals surface area contributed by atoms with Crippen LogP contribution in [0, 0.1) is 0 Å². The van der Waals surface area contributed by atoms with Crippen LogP contribution < -0.4 is 19.5 Å². The number of hydrogen-bond acceptors (Lipinski definition) is 5. The molecule has 7 nitrogen and oxygen atoms in total. The molecular weight excluding hydrogens is 300 g/mol. The van der Waals surface area contributed by atoms with Gasteiger partial charge < -0.3 is 24.4 Å². The second-order valence-electron chi connectivity index (χ2n) is 4.90. The molecule has 0 saturated carbocycles. The van der Waals surface area contributed by atoms with E-state index in [1.54, 1.807) is 32.3 Å². The lowest BCUT2D eigenvalue weighted by Gasteiger charge is -2.15. The number of benzene rings is 1. The number of nitrogens with zero attached hydrogens (tertiary/aromatic N) is 1. The molecule has 0 atom stereocenters. The lowest BCUT2D eigenvalue weighted by Crippen LogP contribution is -2.33. The Morgan fingerprint density at radius 2 is 1.57 bits per heavy atom. The average molecular weight is 322 g/mol. The summed E-state index contributed by atoms with van der Waals surface area (Å²) in [7, 11) is 7.73. The van der Waals surface area contributed by atoms with Crippen LogP contribution in [0.15, 0.2) is 17.8 Å². The molecule has 1 aromatic rings. The summed E-state index contributed by atoms with van der Waals surface area (Å²) in [5.74, 6) is 0.704. The van der Waals surface area contributed by atoms with Gasteiger partial charge in [-0.05, 0) is 23.8 Å². The van der Waals surface area contributed by atoms with Crippen LogP contribution >= 0.6 is 0 Å². The van der Waals surface area contributed by atoms with Crippen molar-refractivity contribution in [2.45, 2.75) is 6.92 Å². The third-order valence-electron chi connectivity index (χ3n) is 2.95. The predicted molar refractivity (Wildman–Crippen MR) is 86.6 cm³/mol. The van der Waals surface area contributed by atoms with Gasteiger partial charge in [0.2, 0.25) is 11.7 Å². The van der Waals surface area contributed by atoms with Crippen LogP contribution in [0.4, 0.5) is 0 Å². The molecule has 1 N–H and O–H groups in total. The summed E-state index contributed by atoms with van der Waals surface area (Å²) in [6, 6.07) is 3.37. The van der Waals surface area contributed by atoms with Gasteiger partial charge in [-0.2, -0.15) is 0 Å². The fraction of sp³-hybridized carbons (Fsp3) is 0.375. The summed E-state index contributed by atoms with van der Waals surface area (Å²) in [6.07, 6.45) is 1.55. The van der Waals surface area contributed by atoms with Gasteiger partial charge in [-0.3, -0.25) is 9.59 Å². The fourth-order valence-electron chi connectivity index (χ4n) is 1.93. The summed E-state index contributed by atoms with van der Waals surface area (Å²) in [4.78, 5) is 24.9. The number of likely N-dealkylation sites (N-methyl/N-ethyl adjacent to an activating group) is 1. The fourth-order valence-corrected chi connectivity index (χ4v) is 1.93. The molecule has 126 valence electrons. The molecule has 2 amide bonds. The first-order chi connectivity index (χ1) is 10.8. The molecule has 0 saturated heterocycles. The first kappa shape index (κ1) is 18.3. The molecule has 0 fully saturated rings.